The average molecular weight is 327 g/mol. The Balaban J connectivity index is 2.53. The van der Waals surface area contributed by atoms with Crippen LogP contribution in [0.25, 0.3) is 0 Å². The van der Waals surface area contributed by atoms with Gasteiger partial charge in [0.05, 0.1) is 11.6 Å². The van der Waals surface area contributed by atoms with Crippen molar-refractivity contribution in [1.29, 1.82) is 5.26 Å². The summed E-state index contributed by atoms with van der Waals surface area (Å²) in [6.45, 7) is 1.11. The van der Waals surface area contributed by atoms with Crippen LogP contribution in [0.1, 0.15) is 17.3 Å². The molecular formula is C14H9F4N3O2. The van der Waals surface area contributed by atoms with E-state index in [0.717, 1.165) is 31.2 Å². The number of nitrogens with one attached hydrogen (secondary N) is 2. The fourth-order valence-corrected chi connectivity index (χ4v) is 2.22. The predicted molar refractivity (Wildman–Crippen MR) is 69.1 cm³/mol. The van der Waals surface area contributed by atoms with Gasteiger partial charge in [0.2, 0.25) is 0 Å². The zero-order valence-electron chi connectivity index (χ0n) is 11.6. The van der Waals surface area contributed by atoms with Crippen molar-refractivity contribution in [3.05, 3.63) is 46.9 Å². The molecule has 1 aliphatic heterocycles. The molecule has 0 fully saturated rings. The maximum Gasteiger partial charge on any atom is 0.425 e. The van der Waals surface area contributed by atoms with E-state index in [9.17, 15) is 27.2 Å². The largest absolute Gasteiger partial charge is 0.425 e. The molecule has 2 amide bonds. The maximum atomic E-state index is 13.5. The van der Waals surface area contributed by atoms with Crippen molar-refractivity contribution in [1.82, 2.24) is 10.6 Å². The first-order chi connectivity index (χ1) is 10.6. The van der Waals surface area contributed by atoms with Crippen LogP contribution in [-0.4, -0.2) is 23.5 Å². The van der Waals surface area contributed by atoms with Gasteiger partial charge < -0.3 is 10.6 Å². The fourth-order valence-electron chi connectivity index (χ4n) is 2.22. The van der Waals surface area contributed by atoms with Gasteiger partial charge in [-0.3, -0.25) is 9.59 Å². The summed E-state index contributed by atoms with van der Waals surface area (Å²) in [5, 5.41) is 12.4. The van der Waals surface area contributed by atoms with Crippen molar-refractivity contribution < 1.29 is 27.2 Å². The van der Waals surface area contributed by atoms with E-state index >= 15 is 0 Å². The standard InChI is InChI=1S/C14H9F4N3O2/c1-7-10(6-19)13(12(23)20-7,14(16,17)18)21-11(22)8-3-2-4-9(15)5-8/h2-5H,1H3,(H,20,23)(H,21,22)/t13-/m0/s1. The highest BCUT2D eigenvalue weighted by molar-refractivity contribution is 6.04. The van der Waals surface area contributed by atoms with Gasteiger partial charge in [-0.25, -0.2) is 4.39 Å². The molecular weight excluding hydrogens is 318 g/mol. The molecule has 0 radical (unpaired) electrons. The predicted octanol–water partition coefficient (Wildman–Crippen LogP) is 1.78. The molecule has 9 heteroatoms. The lowest BCUT2D eigenvalue weighted by Gasteiger charge is -2.30. The Morgan fingerprint density at radius 3 is 2.57 bits per heavy atom. The summed E-state index contributed by atoms with van der Waals surface area (Å²) in [7, 11) is 0. The summed E-state index contributed by atoms with van der Waals surface area (Å²) in [5.74, 6) is -3.76. The van der Waals surface area contributed by atoms with Crippen LogP contribution in [0.5, 0.6) is 0 Å². The first kappa shape index (κ1) is 16.5. The van der Waals surface area contributed by atoms with Gasteiger partial charge in [0.15, 0.2) is 0 Å². The molecule has 0 aliphatic carbocycles. The summed E-state index contributed by atoms with van der Waals surface area (Å²) in [6.07, 6.45) is -5.26. The Morgan fingerprint density at radius 2 is 2.04 bits per heavy atom. The third-order valence-electron chi connectivity index (χ3n) is 3.32. The molecule has 1 aromatic carbocycles. The molecule has 120 valence electrons. The fraction of sp³-hybridized carbons (Fsp3) is 0.214. The average Bonchev–Trinajstić information content (AvgIpc) is 2.69. The minimum Gasteiger partial charge on any atom is -0.326 e. The molecule has 0 aromatic heterocycles. The van der Waals surface area contributed by atoms with E-state index in [1.54, 1.807) is 0 Å². The SMILES string of the molecule is CC1=C(C#N)[C@@](NC(=O)c2cccc(F)c2)(C(F)(F)F)C(=O)N1. The third kappa shape index (κ3) is 2.52. The lowest BCUT2D eigenvalue weighted by Crippen LogP contribution is -2.64. The van der Waals surface area contributed by atoms with Crippen LogP contribution < -0.4 is 10.6 Å². The topological polar surface area (TPSA) is 82.0 Å². The van der Waals surface area contributed by atoms with Gasteiger partial charge >= 0.3 is 6.18 Å². The van der Waals surface area contributed by atoms with Crippen LogP contribution in [0.2, 0.25) is 0 Å². The zero-order chi connectivity index (χ0) is 17.4. The molecule has 0 saturated heterocycles. The van der Waals surface area contributed by atoms with Crippen molar-refractivity contribution in [3.63, 3.8) is 0 Å². The van der Waals surface area contributed by atoms with E-state index in [1.165, 1.54) is 11.4 Å². The highest BCUT2D eigenvalue weighted by Crippen LogP contribution is 2.40. The molecule has 0 bridgehead atoms. The van der Waals surface area contributed by atoms with Crippen LogP contribution >= 0.6 is 0 Å². The number of nitriles is 1. The van der Waals surface area contributed by atoms with E-state index in [-0.39, 0.29) is 5.70 Å². The highest BCUT2D eigenvalue weighted by Gasteiger charge is 2.67. The van der Waals surface area contributed by atoms with E-state index < -0.39 is 40.5 Å². The number of alkyl halides is 3. The summed E-state index contributed by atoms with van der Waals surface area (Å²) in [6, 6.07) is 5.23. The van der Waals surface area contributed by atoms with Gasteiger partial charge in [-0.2, -0.15) is 18.4 Å². The number of amides is 2. The molecule has 0 spiro atoms. The van der Waals surface area contributed by atoms with Gasteiger partial charge in [0.25, 0.3) is 17.4 Å². The van der Waals surface area contributed by atoms with E-state index in [4.69, 9.17) is 5.26 Å². The molecule has 1 heterocycles. The molecule has 1 aliphatic rings. The summed E-state index contributed by atoms with van der Waals surface area (Å²) < 4.78 is 53.6. The number of allylic oxidation sites excluding steroid dienone is 1. The molecule has 2 rings (SSSR count). The third-order valence-corrected chi connectivity index (χ3v) is 3.32. The number of hydrogen-bond acceptors (Lipinski definition) is 3. The lowest BCUT2D eigenvalue weighted by atomic mass is 9.90. The molecule has 5 nitrogen and oxygen atoms in total. The summed E-state index contributed by atoms with van der Waals surface area (Å²) >= 11 is 0. The van der Waals surface area contributed by atoms with Crippen molar-refractivity contribution >= 4 is 11.8 Å². The van der Waals surface area contributed by atoms with E-state index in [1.807, 2.05) is 5.32 Å². The van der Waals surface area contributed by atoms with Gasteiger partial charge in [0.1, 0.15) is 5.82 Å². The van der Waals surface area contributed by atoms with Crippen molar-refractivity contribution in [2.75, 3.05) is 0 Å². The number of hydrogen-bond donors (Lipinski definition) is 2. The molecule has 0 unspecified atom stereocenters. The van der Waals surface area contributed by atoms with E-state index in [0.29, 0.717) is 0 Å². The monoisotopic (exact) mass is 327 g/mol. The number of halogens is 4. The second-order valence-corrected chi connectivity index (χ2v) is 4.78. The van der Waals surface area contributed by atoms with Crippen LogP contribution in [0.4, 0.5) is 17.6 Å². The first-order valence-electron chi connectivity index (χ1n) is 6.21. The number of carbonyl (C=O) groups excluding carboxylic acids is 2. The number of carbonyl (C=O) groups is 2. The highest BCUT2D eigenvalue weighted by atomic mass is 19.4. The molecule has 23 heavy (non-hydrogen) atoms. The number of benzene rings is 1. The van der Waals surface area contributed by atoms with Crippen LogP contribution in [0, 0.1) is 17.1 Å². The quantitative estimate of drug-likeness (QED) is 0.813. The first-order valence-corrected chi connectivity index (χ1v) is 6.21. The number of nitrogens with zero attached hydrogens (tertiary/aromatic N) is 1. The van der Waals surface area contributed by atoms with Crippen LogP contribution in [0.3, 0.4) is 0 Å². The Morgan fingerprint density at radius 1 is 1.39 bits per heavy atom. The Kier molecular flexibility index (Phi) is 3.86. The maximum absolute atomic E-state index is 13.5. The van der Waals surface area contributed by atoms with Gasteiger partial charge in [-0.15, -0.1) is 0 Å². The molecule has 1 aromatic rings. The molecule has 1 atom stereocenters. The van der Waals surface area contributed by atoms with Crippen LogP contribution in [-0.2, 0) is 4.79 Å². The van der Waals surface area contributed by atoms with E-state index in [2.05, 4.69) is 0 Å². The summed E-state index contributed by atoms with van der Waals surface area (Å²) in [4.78, 5) is 23.9. The minimum atomic E-state index is -5.26. The second kappa shape index (κ2) is 5.39. The normalized spacial score (nSPS) is 21.0. The second-order valence-electron chi connectivity index (χ2n) is 4.78. The Labute approximate surface area is 127 Å². The molecule has 2 N–H and O–H groups in total. The Bertz CT molecular complexity index is 764. The van der Waals surface area contributed by atoms with Crippen molar-refractivity contribution in [2.24, 2.45) is 0 Å². The van der Waals surface area contributed by atoms with Crippen LogP contribution in [0.15, 0.2) is 35.5 Å². The Hall–Kier alpha value is -2.89. The van der Waals surface area contributed by atoms with Crippen molar-refractivity contribution in [2.45, 2.75) is 18.6 Å². The lowest BCUT2D eigenvalue weighted by molar-refractivity contribution is -0.184. The van der Waals surface area contributed by atoms with Gasteiger partial charge in [-0.05, 0) is 25.1 Å². The van der Waals surface area contributed by atoms with Gasteiger partial charge in [-0.1, -0.05) is 6.07 Å². The van der Waals surface area contributed by atoms with Gasteiger partial charge in [0, 0.05) is 11.3 Å². The number of rotatable bonds is 2. The minimum absolute atomic E-state index is 0.311. The summed E-state index contributed by atoms with van der Waals surface area (Å²) in [5.41, 5.74) is -5.19. The smallest absolute Gasteiger partial charge is 0.326 e. The molecule has 0 saturated carbocycles. The van der Waals surface area contributed by atoms with Crippen molar-refractivity contribution in [3.8, 4) is 6.07 Å². The zero-order valence-corrected chi connectivity index (χ0v) is 11.6.